The summed E-state index contributed by atoms with van der Waals surface area (Å²) in [6.45, 7) is 2.45. The van der Waals surface area contributed by atoms with E-state index < -0.39 is 5.97 Å². The fourth-order valence-corrected chi connectivity index (χ4v) is 2.01. The van der Waals surface area contributed by atoms with Gasteiger partial charge in [-0.1, -0.05) is 31.5 Å². The number of aromatic nitrogens is 1. The molecule has 0 saturated carbocycles. The van der Waals surface area contributed by atoms with Gasteiger partial charge < -0.3 is 9.67 Å². The van der Waals surface area contributed by atoms with E-state index in [0.717, 1.165) is 12.8 Å². The van der Waals surface area contributed by atoms with Crippen LogP contribution in [0.15, 0.2) is 35.1 Å². The lowest BCUT2D eigenvalue weighted by molar-refractivity contribution is 0.0683. The van der Waals surface area contributed by atoms with Crippen LogP contribution in [0.3, 0.4) is 0 Å². The summed E-state index contributed by atoms with van der Waals surface area (Å²) in [6, 6.07) is 8.63. The van der Waals surface area contributed by atoms with E-state index in [4.69, 9.17) is 0 Å². The zero-order valence-corrected chi connectivity index (χ0v) is 10.2. The van der Waals surface area contributed by atoms with E-state index in [2.05, 4.69) is 0 Å². The van der Waals surface area contributed by atoms with Crippen molar-refractivity contribution in [2.45, 2.75) is 26.3 Å². The van der Waals surface area contributed by atoms with Gasteiger partial charge in [0.2, 0.25) is 0 Å². The third-order valence-corrected chi connectivity index (χ3v) is 2.97. The van der Waals surface area contributed by atoms with Gasteiger partial charge in [-0.2, -0.15) is 0 Å². The Hall–Kier alpha value is -2.10. The minimum absolute atomic E-state index is 0.0622. The van der Waals surface area contributed by atoms with Gasteiger partial charge in [0.1, 0.15) is 5.69 Å². The van der Waals surface area contributed by atoms with Crippen LogP contribution in [-0.2, 0) is 6.54 Å². The van der Waals surface area contributed by atoms with E-state index in [1.165, 1.54) is 4.57 Å². The molecule has 1 aromatic heterocycles. The number of carbonyl (C=O) groups is 1. The van der Waals surface area contributed by atoms with Crippen LogP contribution in [0.2, 0.25) is 0 Å². The highest BCUT2D eigenvalue weighted by Gasteiger charge is 2.13. The first-order chi connectivity index (χ1) is 8.65. The molecule has 18 heavy (non-hydrogen) atoms. The average Bonchev–Trinajstić information content (AvgIpc) is 2.37. The zero-order valence-electron chi connectivity index (χ0n) is 10.2. The number of carboxylic acids is 1. The lowest BCUT2D eigenvalue weighted by Crippen LogP contribution is -2.26. The average molecular weight is 245 g/mol. The third kappa shape index (κ3) is 2.14. The van der Waals surface area contributed by atoms with Crippen molar-refractivity contribution in [3.63, 3.8) is 0 Å². The summed E-state index contributed by atoms with van der Waals surface area (Å²) < 4.78 is 1.36. The number of benzene rings is 1. The summed E-state index contributed by atoms with van der Waals surface area (Å²) in [5.74, 6) is -1.06. The molecule has 0 fully saturated rings. The molecule has 0 aliphatic rings. The lowest BCUT2D eigenvalue weighted by atomic mass is 10.1. The maximum absolute atomic E-state index is 12.3. The Balaban J connectivity index is 2.71. The number of carboxylic acid groups (broad SMARTS) is 1. The van der Waals surface area contributed by atoms with Crippen molar-refractivity contribution in [2.75, 3.05) is 0 Å². The van der Waals surface area contributed by atoms with Gasteiger partial charge in [0.25, 0.3) is 5.56 Å². The van der Waals surface area contributed by atoms with Gasteiger partial charge in [-0.15, -0.1) is 0 Å². The van der Waals surface area contributed by atoms with Gasteiger partial charge >= 0.3 is 5.97 Å². The molecule has 0 bridgehead atoms. The molecule has 1 heterocycles. The van der Waals surface area contributed by atoms with Gasteiger partial charge in [0, 0.05) is 11.9 Å². The van der Waals surface area contributed by atoms with E-state index >= 15 is 0 Å². The van der Waals surface area contributed by atoms with Crippen molar-refractivity contribution in [2.24, 2.45) is 0 Å². The topological polar surface area (TPSA) is 59.3 Å². The number of pyridine rings is 1. The molecule has 0 aliphatic carbocycles. The summed E-state index contributed by atoms with van der Waals surface area (Å²) >= 11 is 0. The van der Waals surface area contributed by atoms with E-state index in [0.29, 0.717) is 17.3 Å². The molecule has 2 aromatic rings. The first-order valence-electron chi connectivity index (χ1n) is 6.01. The Morgan fingerprint density at radius 1 is 1.33 bits per heavy atom. The molecule has 0 saturated heterocycles. The molecule has 4 nitrogen and oxygen atoms in total. The molecule has 1 aromatic carbocycles. The smallest absolute Gasteiger partial charge is 0.352 e. The fourth-order valence-electron chi connectivity index (χ4n) is 2.01. The van der Waals surface area contributed by atoms with Crippen molar-refractivity contribution < 1.29 is 9.90 Å². The van der Waals surface area contributed by atoms with Crippen LogP contribution in [0.25, 0.3) is 10.8 Å². The molecular formula is C14H15NO3. The number of hydrogen-bond acceptors (Lipinski definition) is 2. The van der Waals surface area contributed by atoms with Crippen LogP contribution >= 0.6 is 0 Å². The quantitative estimate of drug-likeness (QED) is 0.900. The SMILES string of the molecule is CCCCn1c(C(=O)O)cc2ccccc2c1=O. The number of hydrogen-bond donors (Lipinski definition) is 1. The van der Waals surface area contributed by atoms with E-state index in [-0.39, 0.29) is 11.3 Å². The van der Waals surface area contributed by atoms with E-state index in [9.17, 15) is 14.7 Å². The number of nitrogens with zero attached hydrogens (tertiary/aromatic N) is 1. The molecule has 1 N–H and O–H groups in total. The van der Waals surface area contributed by atoms with Crippen LogP contribution in [0.1, 0.15) is 30.3 Å². The van der Waals surface area contributed by atoms with Crippen molar-refractivity contribution in [1.29, 1.82) is 0 Å². The monoisotopic (exact) mass is 245 g/mol. The highest BCUT2D eigenvalue weighted by Crippen LogP contribution is 2.12. The third-order valence-electron chi connectivity index (χ3n) is 2.97. The Kier molecular flexibility index (Phi) is 3.46. The van der Waals surface area contributed by atoms with E-state index in [1.807, 2.05) is 6.92 Å². The number of aromatic carboxylic acids is 1. The minimum atomic E-state index is -1.06. The molecule has 0 atom stereocenters. The maximum Gasteiger partial charge on any atom is 0.352 e. The van der Waals surface area contributed by atoms with Gasteiger partial charge in [-0.05, 0) is 23.9 Å². The van der Waals surface area contributed by atoms with Crippen LogP contribution in [0.5, 0.6) is 0 Å². The van der Waals surface area contributed by atoms with Crippen molar-refractivity contribution in [3.8, 4) is 0 Å². The maximum atomic E-state index is 12.3. The number of rotatable bonds is 4. The summed E-state index contributed by atoms with van der Waals surface area (Å²) in [5.41, 5.74) is -0.161. The Bertz CT molecular complexity index is 643. The standard InChI is InChI=1S/C14H15NO3/c1-2-3-8-15-12(14(17)18)9-10-6-4-5-7-11(10)13(15)16/h4-7,9H,2-3,8H2,1H3,(H,17,18). The summed E-state index contributed by atoms with van der Waals surface area (Å²) in [5, 5.41) is 10.4. The molecule has 0 spiro atoms. The van der Waals surface area contributed by atoms with E-state index in [1.54, 1.807) is 30.3 Å². The second kappa shape index (κ2) is 5.04. The molecule has 0 radical (unpaired) electrons. The first-order valence-corrected chi connectivity index (χ1v) is 6.01. The minimum Gasteiger partial charge on any atom is -0.477 e. The highest BCUT2D eigenvalue weighted by molar-refractivity contribution is 5.92. The Labute approximate surface area is 104 Å². The van der Waals surface area contributed by atoms with Crippen molar-refractivity contribution in [3.05, 3.63) is 46.4 Å². The fraction of sp³-hybridized carbons (Fsp3) is 0.286. The normalized spacial score (nSPS) is 10.7. The van der Waals surface area contributed by atoms with Gasteiger partial charge in [-0.25, -0.2) is 4.79 Å². The Morgan fingerprint density at radius 3 is 2.72 bits per heavy atom. The first kappa shape index (κ1) is 12.4. The predicted octanol–water partition coefficient (Wildman–Crippen LogP) is 2.50. The van der Waals surface area contributed by atoms with Gasteiger partial charge in [0.15, 0.2) is 0 Å². The van der Waals surface area contributed by atoms with Crippen LogP contribution in [0, 0.1) is 0 Å². The van der Waals surface area contributed by atoms with Crippen LogP contribution in [-0.4, -0.2) is 15.6 Å². The van der Waals surface area contributed by atoms with Gasteiger partial charge in [-0.3, -0.25) is 4.79 Å². The summed E-state index contributed by atoms with van der Waals surface area (Å²) in [7, 11) is 0. The predicted molar refractivity (Wildman–Crippen MR) is 70.1 cm³/mol. The number of unbranched alkanes of at least 4 members (excludes halogenated alkanes) is 1. The van der Waals surface area contributed by atoms with Crippen molar-refractivity contribution in [1.82, 2.24) is 4.57 Å². The van der Waals surface area contributed by atoms with Crippen LogP contribution < -0.4 is 5.56 Å². The molecule has 0 unspecified atom stereocenters. The number of fused-ring (bicyclic) bond motifs is 1. The highest BCUT2D eigenvalue weighted by atomic mass is 16.4. The molecule has 0 aliphatic heterocycles. The zero-order chi connectivity index (χ0) is 13.1. The Morgan fingerprint density at radius 2 is 2.06 bits per heavy atom. The second-order valence-electron chi connectivity index (χ2n) is 4.23. The van der Waals surface area contributed by atoms with Crippen molar-refractivity contribution >= 4 is 16.7 Å². The molecular weight excluding hydrogens is 230 g/mol. The molecule has 2 rings (SSSR count). The second-order valence-corrected chi connectivity index (χ2v) is 4.23. The molecule has 4 heteroatoms. The summed E-state index contributed by atoms with van der Waals surface area (Å²) in [6.07, 6.45) is 1.71. The van der Waals surface area contributed by atoms with Gasteiger partial charge in [0.05, 0.1) is 0 Å². The lowest BCUT2D eigenvalue weighted by Gasteiger charge is -2.11. The summed E-state index contributed by atoms with van der Waals surface area (Å²) in [4.78, 5) is 23.5. The molecule has 0 amide bonds. The largest absolute Gasteiger partial charge is 0.477 e. The molecule has 94 valence electrons. The van der Waals surface area contributed by atoms with Crippen LogP contribution in [0.4, 0.5) is 0 Å².